The van der Waals surface area contributed by atoms with Gasteiger partial charge in [-0.1, -0.05) is 44.2 Å². The summed E-state index contributed by atoms with van der Waals surface area (Å²) in [6.45, 7) is 4.07. The zero-order valence-corrected chi connectivity index (χ0v) is 15.9. The lowest BCUT2D eigenvalue weighted by Crippen LogP contribution is -2.35. The lowest BCUT2D eigenvalue weighted by Gasteiger charge is -2.22. The van der Waals surface area contributed by atoms with Crippen molar-refractivity contribution in [3.63, 3.8) is 0 Å². The zero-order chi connectivity index (χ0) is 18.2. The Hall–Kier alpha value is -1.84. The number of nitrogens with zero attached hydrogens (tertiary/aromatic N) is 1. The number of hydrogen-bond acceptors (Lipinski definition) is 2. The van der Waals surface area contributed by atoms with Crippen molar-refractivity contribution in [3.8, 4) is 0 Å². The Morgan fingerprint density at radius 1 is 1.16 bits per heavy atom. The summed E-state index contributed by atoms with van der Waals surface area (Å²) in [4.78, 5) is 26.0. The van der Waals surface area contributed by atoms with Gasteiger partial charge in [0.2, 0.25) is 11.8 Å². The van der Waals surface area contributed by atoms with Gasteiger partial charge in [0.05, 0.1) is 6.54 Å². The van der Waals surface area contributed by atoms with Crippen molar-refractivity contribution in [3.05, 3.63) is 29.3 Å². The first-order valence-electron chi connectivity index (χ1n) is 9.57. The molecule has 1 aliphatic carbocycles. The van der Waals surface area contributed by atoms with Gasteiger partial charge in [-0.05, 0) is 49.8 Å². The normalized spacial score (nSPS) is 15.0. The number of benzene rings is 1. The molecule has 0 spiro atoms. The average Bonchev–Trinajstić information content (AvgIpc) is 2.59. The summed E-state index contributed by atoms with van der Waals surface area (Å²) in [5, 5.41) is 2.91. The lowest BCUT2D eigenvalue weighted by atomic mass is 9.86. The van der Waals surface area contributed by atoms with Crippen molar-refractivity contribution in [1.29, 1.82) is 0 Å². The molecule has 1 aromatic carbocycles. The Morgan fingerprint density at radius 2 is 1.88 bits per heavy atom. The molecule has 0 aliphatic heterocycles. The number of rotatable bonds is 7. The SMILES string of the molecule is Cc1ccc(C)c(NC(=O)CN(C)C(=O)CCCC2CCCCC2)c1. The predicted octanol–water partition coefficient (Wildman–Crippen LogP) is 4.45. The maximum atomic E-state index is 12.2. The summed E-state index contributed by atoms with van der Waals surface area (Å²) in [6.07, 6.45) is 9.33. The van der Waals surface area contributed by atoms with E-state index < -0.39 is 0 Å². The highest BCUT2D eigenvalue weighted by molar-refractivity contribution is 5.95. The quantitative estimate of drug-likeness (QED) is 0.794. The van der Waals surface area contributed by atoms with E-state index in [-0.39, 0.29) is 18.4 Å². The van der Waals surface area contributed by atoms with Gasteiger partial charge in [0, 0.05) is 19.2 Å². The van der Waals surface area contributed by atoms with Crippen LogP contribution in [-0.4, -0.2) is 30.3 Å². The Balaban J connectivity index is 1.72. The van der Waals surface area contributed by atoms with Gasteiger partial charge in [-0.2, -0.15) is 0 Å². The van der Waals surface area contributed by atoms with Crippen LogP contribution in [0.4, 0.5) is 5.69 Å². The maximum absolute atomic E-state index is 12.2. The molecule has 2 rings (SSSR count). The maximum Gasteiger partial charge on any atom is 0.243 e. The largest absolute Gasteiger partial charge is 0.336 e. The minimum atomic E-state index is -0.142. The first-order valence-corrected chi connectivity index (χ1v) is 9.57. The third kappa shape index (κ3) is 6.52. The fourth-order valence-corrected chi connectivity index (χ4v) is 3.57. The van der Waals surface area contributed by atoms with Crippen LogP contribution in [0.3, 0.4) is 0 Å². The second kappa shape index (κ2) is 9.59. The van der Waals surface area contributed by atoms with Crippen LogP contribution in [0.2, 0.25) is 0 Å². The molecule has 1 aromatic rings. The van der Waals surface area contributed by atoms with Gasteiger partial charge in [-0.15, -0.1) is 0 Å². The highest BCUT2D eigenvalue weighted by Crippen LogP contribution is 2.27. The topological polar surface area (TPSA) is 49.4 Å². The van der Waals surface area contributed by atoms with Gasteiger partial charge in [-0.3, -0.25) is 9.59 Å². The van der Waals surface area contributed by atoms with E-state index >= 15 is 0 Å². The number of nitrogens with one attached hydrogen (secondary N) is 1. The zero-order valence-electron chi connectivity index (χ0n) is 15.9. The monoisotopic (exact) mass is 344 g/mol. The van der Waals surface area contributed by atoms with Crippen LogP contribution in [0.1, 0.15) is 62.5 Å². The van der Waals surface area contributed by atoms with Crippen LogP contribution in [-0.2, 0) is 9.59 Å². The fourth-order valence-electron chi connectivity index (χ4n) is 3.57. The molecule has 0 heterocycles. The number of anilines is 1. The molecule has 1 saturated carbocycles. The van der Waals surface area contributed by atoms with E-state index in [1.54, 1.807) is 11.9 Å². The minimum absolute atomic E-state index is 0.0620. The number of carbonyl (C=O) groups excluding carboxylic acids is 2. The molecular weight excluding hydrogens is 312 g/mol. The van der Waals surface area contributed by atoms with E-state index in [1.165, 1.54) is 32.1 Å². The van der Waals surface area contributed by atoms with Gasteiger partial charge in [-0.25, -0.2) is 0 Å². The van der Waals surface area contributed by atoms with Gasteiger partial charge >= 0.3 is 0 Å². The van der Waals surface area contributed by atoms with Crippen LogP contribution in [0.25, 0.3) is 0 Å². The summed E-state index contributed by atoms with van der Waals surface area (Å²) in [5.74, 6) is 0.725. The molecule has 0 aromatic heterocycles. The molecule has 25 heavy (non-hydrogen) atoms. The van der Waals surface area contributed by atoms with Gasteiger partial charge < -0.3 is 10.2 Å². The Labute approximate surface area is 152 Å². The molecule has 1 aliphatic rings. The Kier molecular flexibility index (Phi) is 7.48. The van der Waals surface area contributed by atoms with Gasteiger partial charge in [0.15, 0.2) is 0 Å². The molecular formula is C21H32N2O2. The molecule has 0 unspecified atom stereocenters. The van der Waals surface area contributed by atoms with E-state index in [0.717, 1.165) is 35.6 Å². The molecule has 1 fully saturated rings. The van der Waals surface area contributed by atoms with Crippen molar-refractivity contribution in [2.45, 2.75) is 65.2 Å². The van der Waals surface area contributed by atoms with Crippen molar-refractivity contribution in [2.24, 2.45) is 5.92 Å². The molecule has 0 atom stereocenters. The minimum Gasteiger partial charge on any atom is -0.336 e. The summed E-state index contributed by atoms with van der Waals surface area (Å²) >= 11 is 0. The molecule has 1 N–H and O–H groups in total. The Morgan fingerprint density at radius 3 is 2.60 bits per heavy atom. The molecule has 0 radical (unpaired) electrons. The highest BCUT2D eigenvalue weighted by atomic mass is 16.2. The van der Waals surface area contributed by atoms with Gasteiger partial charge in [0.1, 0.15) is 0 Å². The van der Waals surface area contributed by atoms with E-state index in [9.17, 15) is 9.59 Å². The number of aryl methyl sites for hydroxylation is 2. The van der Waals surface area contributed by atoms with Crippen molar-refractivity contribution in [2.75, 3.05) is 18.9 Å². The first kappa shape index (κ1) is 19.5. The third-order valence-corrected chi connectivity index (χ3v) is 5.20. The van der Waals surface area contributed by atoms with Crippen LogP contribution in [0.5, 0.6) is 0 Å². The smallest absolute Gasteiger partial charge is 0.243 e. The number of amides is 2. The van der Waals surface area contributed by atoms with Crippen molar-refractivity contribution >= 4 is 17.5 Å². The number of hydrogen-bond donors (Lipinski definition) is 1. The van der Waals surface area contributed by atoms with Crippen molar-refractivity contribution in [1.82, 2.24) is 4.90 Å². The summed E-state index contributed by atoms with van der Waals surface area (Å²) < 4.78 is 0. The summed E-state index contributed by atoms with van der Waals surface area (Å²) in [5.41, 5.74) is 2.96. The standard InChI is InChI=1S/C21H32N2O2/c1-16-12-13-17(2)19(14-16)22-20(24)15-23(3)21(25)11-7-10-18-8-5-4-6-9-18/h12-14,18H,4-11,15H2,1-3H3,(H,22,24). The van der Waals surface area contributed by atoms with Crippen molar-refractivity contribution < 1.29 is 9.59 Å². The third-order valence-electron chi connectivity index (χ3n) is 5.20. The average molecular weight is 344 g/mol. The lowest BCUT2D eigenvalue weighted by molar-refractivity contribution is -0.133. The van der Waals surface area contributed by atoms with E-state index in [0.29, 0.717) is 6.42 Å². The first-order chi connectivity index (χ1) is 12.0. The predicted molar refractivity (Wildman–Crippen MR) is 103 cm³/mol. The van der Waals surface area contributed by atoms with E-state index in [4.69, 9.17) is 0 Å². The van der Waals surface area contributed by atoms with E-state index in [2.05, 4.69) is 5.32 Å². The molecule has 0 bridgehead atoms. The Bertz CT molecular complexity index is 592. The number of likely N-dealkylation sites (N-methyl/N-ethyl adjacent to an activating group) is 1. The van der Waals surface area contributed by atoms with Crippen LogP contribution in [0.15, 0.2) is 18.2 Å². The second-order valence-corrected chi connectivity index (χ2v) is 7.51. The molecule has 4 heteroatoms. The molecule has 4 nitrogen and oxygen atoms in total. The fraction of sp³-hybridized carbons (Fsp3) is 0.619. The second-order valence-electron chi connectivity index (χ2n) is 7.51. The highest BCUT2D eigenvalue weighted by Gasteiger charge is 2.16. The van der Waals surface area contributed by atoms with E-state index in [1.807, 2.05) is 32.0 Å². The number of carbonyl (C=O) groups is 2. The molecule has 0 saturated heterocycles. The molecule has 2 amide bonds. The summed E-state index contributed by atoms with van der Waals surface area (Å²) in [7, 11) is 1.71. The van der Waals surface area contributed by atoms with Gasteiger partial charge in [0.25, 0.3) is 0 Å². The molecule has 138 valence electrons. The summed E-state index contributed by atoms with van der Waals surface area (Å²) in [6, 6.07) is 5.97. The van der Waals surface area contributed by atoms with Crippen LogP contribution < -0.4 is 5.32 Å². The van der Waals surface area contributed by atoms with Crippen LogP contribution >= 0.6 is 0 Å². The van der Waals surface area contributed by atoms with Crippen LogP contribution in [0, 0.1) is 19.8 Å².